The minimum atomic E-state index is -4.95. The maximum Gasteiger partial charge on any atom is 0.574 e. The summed E-state index contributed by atoms with van der Waals surface area (Å²) in [6, 6.07) is 1.73. The van der Waals surface area contributed by atoms with Gasteiger partial charge in [-0.25, -0.2) is 4.98 Å². The highest BCUT2D eigenvalue weighted by Crippen LogP contribution is 2.25. The van der Waals surface area contributed by atoms with Crippen LogP contribution in [0.1, 0.15) is 17.3 Å². The predicted molar refractivity (Wildman–Crippen MR) is 64.4 cm³/mol. The largest absolute Gasteiger partial charge is 0.574 e. The van der Waals surface area contributed by atoms with Gasteiger partial charge in [-0.15, -0.1) is 13.2 Å². The first-order valence-corrected chi connectivity index (χ1v) is 6.09. The molecule has 1 fully saturated rings. The summed E-state index contributed by atoms with van der Waals surface area (Å²) in [6.07, 6.45) is -3.86. The van der Waals surface area contributed by atoms with E-state index in [0.717, 1.165) is 6.20 Å². The van der Waals surface area contributed by atoms with Crippen LogP contribution in [-0.4, -0.2) is 47.2 Å². The summed E-state index contributed by atoms with van der Waals surface area (Å²) in [6.45, 7) is 1.93. The number of hydrogen-bond donors (Lipinski definition) is 1. The molecule has 1 aromatic heterocycles. The van der Waals surface area contributed by atoms with Gasteiger partial charge in [-0.05, 0) is 19.1 Å². The Balaban J connectivity index is 2.29. The van der Waals surface area contributed by atoms with Crippen LogP contribution in [0.3, 0.4) is 0 Å². The third-order valence-electron chi connectivity index (χ3n) is 2.97. The molecule has 1 aliphatic rings. The molecule has 9 heteroatoms. The van der Waals surface area contributed by atoms with Crippen molar-refractivity contribution >= 4 is 11.8 Å². The second-order valence-electron chi connectivity index (χ2n) is 4.37. The first kappa shape index (κ1) is 15.1. The highest BCUT2D eigenvalue weighted by Gasteiger charge is 2.36. The molecule has 0 bridgehead atoms. The Hall–Kier alpha value is -2.32. The summed E-state index contributed by atoms with van der Waals surface area (Å²) in [5, 5.41) is 2.56. The second kappa shape index (κ2) is 5.58. The first-order chi connectivity index (χ1) is 9.79. The molecule has 2 heterocycles. The molecule has 21 heavy (non-hydrogen) atoms. The number of rotatable bonds is 2. The van der Waals surface area contributed by atoms with E-state index in [1.54, 1.807) is 0 Å². The molecule has 2 rings (SSSR count). The fourth-order valence-corrected chi connectivity index (χ4v) is 1.96. The zero-order chi connectivity index (χ0) is 15.6. The molecule has 1 N–H and O–H groups in total. The fraction of sp³-hybridized carbons (Fsp3) is 0.417. The Morgan fingerprint density at radius 3 is 2.90 bits per heavy atom. The average molecular weight is 303 g/mol. The molecule has 1 atom stereocenters. The van der Waals surface area contributed by atoms with E-state index >= 15 is 0 Å². The lowest BCUT2D eigenvalue weighted by molar-refractivity contribution is -0.276. The van der Waals surface area contributed by atoms with E-state index in [4.69, 9.17) is 0 Å². The van der Waals surface area contributed by atoms with E-state index in [1.165, 1.54) is 24.0 Å². The van der Waals surface area contributed by atoms with Crippen molar-refractivity contribution in [2.75, 3.05) is 13.1 Å². The fourth-order valence-electron chi connectivity index (χ4n) is 1.96. The lowest BCUT2D eigenvalue weighted by atomic mass is 10.1. The molecule has 0 spiro atoms. The smallest absolute Gasteiger partial charge is 0.387 e. The van der Waals surface area contributed by atoms with Crippen LogP contribution < -0.4 is 10.1 Å². The minimum Gasteiger partial charge on any atom is -0.387 e. The molecule has 1 aromatic rings. The van der Waals surface area contributed by atoms with Crippen molar-refractivity contribution in [2.24, 2.45) is 0 Å². The molecule has 0 radical (unpaired) electrons. The summed E-state index contributed by atoms with van der Waals surface area (Å²) >= 11 is 0. The Bertz CT molecular complexity index is 562. The van der Waals surface area contributed by atoms with Crippen molar-refractivity contribution in [2.45, 2.75) is 19.3 Å². The number of carbonyl (C=O) groups is 2. The molecule has 1 saturated heterocycles. The van der Waals surface area contributed by atoms with Crippen LogP contribution in [-0.2, 0) is 4.79 Å². The number of ether oxygens (including phenoxy) is 1. The maximum atomic E-state index is 12.3. The molecule has 2 amide bonds. The van der Waals surface area contributed by atoms with Crippen molar-refractivity contribution in [3.05, 3.63) is 23.9 Å². The van der Waals surface area contributed by atoms with E-state index in [9.17, 15) is 22.8 Å². The molecule has 114 valence electrons. The molecule has 6 nitrogen and oxygen atoms in total. The number of piperazine rings is 1. The number of hydrogen-bond acceptors (Lipinski definition) is 4. The lowest BCUT2D eigenvalue weighted by Crippen LogP contribution is -2.55. The summed E-state index contributed by atoms with van der Waals surface area (Å²) in [5.41, 5.74) is -0.337. The Morgan fingerprint density at radius 2 is 2.24 bits per heavy atom. The second-order valence-corrected chi connectivity index (χ2v) is 4.37. The van der Waals surface area contributed by atoms with Crippen molar-refractivity contribution in [3.8, 4) is 5.88 Å². The molecular formula is C12H12F3N3O3. The number of nitrogens with one attached hydrogen (secondary N) is 1. The third-order valence-corrected chi connectivity index (χ3v) is 2.97. The van der Waals surface area contributed by atoms with Crippen LogP contribution in [0.5, 0.6) is 5.88 Å². The number of nitrogens with zero attached hydrogens (tertiary/aromatic N) is 2. The predicted octanol–water partition coefficient (Wildman–Crippen LogP) is 0.941. The Morgan fingerprint density at radius 1 is 1.52 bits per heavy atom. The van der Waals surface area contributed by atoms with Gasteiger partial charge in [0.05, 0.1) is 0 Å². The average Bonchev–Trinajstić information content (AvgIpc) is 2.40. The number of alkyl halides is 3. The van der Waals surface area contributed by atoms with Gasteiger partial charge in [0.2, 0.25) is 11.8 Å². The zero-order valence-corrected chi connectivity index (χ0v) is 11.0. The Kier molecular flexibility index (Phi) is 4.01. The van der Waals surface area contributed by atoms with Crippen molar-refractivity contribution in [1.29, 1.82) is 0 Å². The van der Waals surface area contributed by atoms with Gasteiger partial charge in [0, 0.05) is 19.3 Å². The summed E-state index contributed by atoms with van der Waals surface area (Å²) in [4.78, 5) is 28.5. The van der Waals surface area contributed by atoms with Crippen LogP contribution in [0.15, 0.2) is 18.3 Å². The van der Waals surface area contributed by atoms with Gasteiger partial charge in [0.1, 0.15) is 11.6 Å². The lowest BCUT2D eigenvalue weighted by Gasteiger charge is -2.33. The van der Waals surface area contributed by atoms with Gasteiger partial charge in [0.25, 0.3) is 5.91 Å². The number of pyridine rings is 1. The zero-order valence-electron chi connectivity index (χ0n) is 11.0. The van der Waals surface area contributed by atoms with Gasteiger partial charge >= 0.3 is 6.36 Å². The third kappa shape index (κ3) is 3.41. The topological polar surface area (TPSA) is 71.5 Å². The Labute approximate surface area is 117 Å². The monoisotopic (exact) mass is 303 g/mol. The maximum absolute atomic E-state index is 12.3. The molecule has 0 aromatic carbocycles. The number of aromatic nitrogens is 1. The van der Waals surface area contributed by atoms with E-state index in [2.05, 4.69) is 15.0 Å². The normalized spacial score (nSPS) is 19.1. The van der Waals surface area contributed by atoms with Gasteiger partial charge in [0.15, 0.2) is 0 Å². The molecule has 0 saturated carbocycles. The molecular weight excluding hydrogens is 291 g/mol. The first-order valence-electron chi connectivity index (χ1n) is 6.09. The summed E-state index contributed by atoms with van der Waals surface area (Å²) in [5.74, 6) is -1.92. The van der Waals surface area contributed by atoms with Crippen LogP contribution in [0.4, 0.5) is 13.2 Å². The number of carbonyl (C=O) groups excluding carboxylic acids is 2. The SMILES string of the molecule is CC1C(=O)NCCN1C(=O)c1cccnc1OC(F)(F)F. The van der Waals surface area contributed by atoms with Crippen molar-refractivity contribution in [3.63, 3.8) is 0 Å². The number of halogens is 3. The summed E-state index contributed by atoms with van der Waals surface area (Å²) < 4.78 is 40.7. The van der Waals surface area contributed by atoms with Crippen LogP contribution in [0.25, 0.3) is 0 Å². The van der Waals surface area contributed by atoms with E-state index in [0.29, 0.717) is 0 Å². The summed E-state index contributed by atoms with van der Waals surface area (Å²) in [7, 11) is 0. The van der Waals surface area contributed by atoms with Crippen molar-refractivity contribution in [1.82, 2.24) is 15.2 Å². The highest BCUT2D eigenvalue weighted by atomic mass is 19.4. The molecule has 0 aliphatic carbocycles. The van der Waals surface area contributed by atoms with Gasteiger partial charge in [-0.3, -0.25) is 9.59 Å². The van der Waals surface area contributed by atoms with E-state index in [-0.39, 0.29) is 24.6 Å². The van der Waals surface area contributed by atoms with E-state index < -0.39 is 24.2 Å². The van der Waals surface area contributed by atoms with Gasteiger partial charge < -0.3 is 15.0 Å². The standard InChI is InChI=1S/C12H12F3N3O3/c1-7-9(19)16-5-6-18(7)11(20)8-3-2-4-17-10(8)21-12(13,14)15/h2-4,7H,5-6H2,1H3,(H,16,19). The minimum absolute atomic E-state index is 0.200. The van der Waals surface area contributed by atoms with Crippen LogP contribution in [0, 0.1) is 0 Å². The molecule has 1 unspecified atom stereocenters. The van der Waals surface area contributed by atoms with Crippen LogP contribution >= 0.6 is 0 Å². The van der Waals surface area contributed by atoms with Crippen molar-refractivity contribution < 1.29 is 27.5 Å². The number of amides is 2. The van der Waals surface area contributed by atoms with Gasteiger partial charge in [-0.2, -0.15) is 0 Å². The molecule has 1 aliphatic heterocycles. The van der Waals surface area contributed by atoms with Gasteiger partial charge in [-0.1, -0.05) is 0 Å². The van der Waals surface area contributed by atoms with E-state index in [1.807, 2.05) is 0 Å². The quantitative estimate of drug-likeness (QED) is 0.882. The van der Waals surface area contributed by atoms with Crippen LogP contribution in [0.2, 0.25) is 0 Å². The highest BCUT2D eigenvalue weighted by molar-refractivity contribution is 5.99.